The molecule has 0 spiro atoms. The van der Waals surface area contributed by atoms with E-state index in [4.69, 9.17) is 0 Å². The molecule has 4 heteroatoms. The number of hydrogen-bond acceptors (Lipinski definition) is 3. The highest BCUT2D eigenvalue weighted by Gasteiger charge is 2.24. The van der Waals surface area contributed by atoms with Crippen molar-refractivity contribution < 1.29 is 4.79 Å². The van der Waals surface area contributed by atoms with E-state index < -0.39 is 0 Å². The minimum absolute atomic E-state index is 0.278. The molecular formula is C13H26N2OS. The molecule has 0 aliphatic carbocycles. The Balaban J connectivity index is 2.27. The lowest BCUT2D eigenvalue weighted by atomic mass is 10.1. The molecule has 100 valence electrons. The van der Waals surface area contributed by atoms with Crippen molar-refractivity contribution in [1.82, 2.24) is 10.2 Å². The second kappa shape index (κ2) is 6.10. The van der Waals surface area contributed by atoms with Gasteiger partial charge in [0.15, 0.2) is 0 Å². The lowest BCUT2D eigenvalue weighted by Crippen LogP contribution is -2.49. The molecule has 0 unspecified atom stereocenters. The number of nitrogens with one attached hydrogen (secondary N) is 1. The number of nitrogens with zero attached hydrogens (tertiary/aromatic N) is 1. The van der Waals surface area contributed by atoms with Crippen molar-refractivity contribution >= 4 is 17.7 Å². The second-order valence-electron chi connectivity index (χ2n) is 6.00. The molecule has 1 heterocycles. The molecule has 0 radical (unpaired) electrons. The van der Waals surface area contributed by atoms with Crippen LogP contribution in [-0.4, -0.2) is 47.0 Å². The first-order valence-electron chi connectivity index (χ1n) is 6.42. The summed E-state index contributed by atoms with van der Waals surface area (Å²) < 4.78 is 0.329. The fourth-order valence-electron chi connectivity index (χ4n) is 1.97. The Morgan fingerprint density at radius 2 is 2.18 bits per heavy atom. The summed E-state index contributed by atoms with van der Waals surface area (Å²) >= 11 is 1.99. The first-order valence-corrected chi connectivity index (χ1v) is 7.40. The molecule has 1 rings (SSSR count). The molecule has 0 aromatic carbocycles. The Kier molecular flexibility index (Phi) is 5.32. The van der Waals surface area contributed by atoms with Gasteiger partial charge in [-0.05, 0) is 13.3 Å². The molecule has 1 saturated heterocycles. The second-order valence-corrected chi connectivity index (χ2v) is 7.85. The van der Waals surface area contributed by atoms with Crippen LogP contribution in [0.1, 0.15) is 40.5 Å². The van der Waals surface area contributed by atoms with Crippen molar-refractivity contribution in [2.75, 3.05) is 19.3 Å². The topological polar surface area (TPSA) is 32.3 Å². The highest BCUT2D eigenvalue weighted by Crippen LogP contribution is 2.24. The number of rotatable bonds is 4. The molecule has 1 amide bonds. The Morgan fingerprint density at radius 1 is 1.53 bits per heavy atom. The van der Waals surface area contributed by atoms with Crippen LogP contribution < -0.4 is 5.32 Å². The molecule has 0 aromatic heterocycles. The molecule has 1 aliphatic rings. The van der Waals surface area contributed by atoms with Crippen LogP contribution in [0, 0.1) is 0 Å². The predicted octanol–water partition coefficient (Wildman–Crippen LogP) is 2.12. The monoisotopic (exact) mass is 258 g/mol. The third kappa shape index (κ3) is 5.77. The van der Waals surface area contributed by atoms with Crippen LogP contribution in [0.5, 0.6) is 0 Å². The number of piperidine rings is 1. The van der Waals surface area contributed by atoms with Gasteiger partial charge in [-0.2, -0.15) is 11.8 Å². The van der Waals surface area contributed by atoms with Crippen molar-refractivity contribution in [3.05, 3.63) is 0 Å². The lowest BCUT2D eigenvalue weighted by Gasteiger charge is -2.32. The lowest BCUT2D eigenvalue weighted by molar-refractivity contribution is -0.132. The van der Waals surface area contributed by atoms with E-state index in [1.807, 2.05) is 23.7 Å². The van der Waals surface area contributed by atoms with Crippen LogP contribution in [0.3, 0.4) is 0 Å². The minimum atomic E-state index is 0.278. The smallest absolute Gasteiger partial charge is 0.222 e. The summed E-state index contributed by atoms with van der Waals surface area (Å²) in [5, 5.41) is 3.63. The molecule has 17 heavy (non-hydrogen) atoms. The van der Waals surface area contributed by atoms with Gasteiger partial charge >= 0.3 is 0 Å². The molecule has 1 fully saturated rings. The van der Waals surface area contributed by atoms with Crippen molar-refractivity contribution in [2.45, 2.75) is 57.4 Å². The van der Waals surface area contributed by atoms with E-state index in [2.05, 4.69) is 33.0 Å². The summed E-state index contributed by atoms with van der Waals surface area (Å²) in [5.41, 5.74) is 0. The number of carbonyl (C=O) groups is 1. The van der Waals surface area contributed by atoms with Gasteiger partial charge in [0, 0.05) is 42.6 Å². The summed E-state index contributed by atoms with van der Waals surface area (Å²) in [5.74, 6) is 1.40. The van der Waals surface area contributed by atoms with Crippen molar-refractivity contribution in [3.63, 3.8) is 0 Å². The van der Waals surface area contributed by atoms with E-state index in [-0.39, 0.29) is 5.91 Å². The van der Waals surface area contributed by atoms with Crippen LogP contribution >= 0.6 is 11.8 Å². The number of likely N-dealkylation sites (tertiary alicyclic amines) is 1. The van der Waals surface area contributed by atoms with Gasteiger partial charge in [-0.15, -0.1) is 0 Å². The van der Waals surface area contributed by atoms with E-state index >= 15 is 0 Å². The van der Waals surface area contributed by atoms with Gasteiger partial charge in [-0.3, -0.25) is 4.79 Å². The quantitative estimate of drug-likeness (QED) is 0.838. The number of amides is 1. The number of likely N-dealkylation sites (N-methyl/N-ethyl adjacent to an activating group) is 1. The molecule has 0 aromatic rings. The fraction of sp³-hybridized carbons (Fsp3) is 0.923. The first-order chi connectivity index (χ1) is 7.78. The minimum Gasteiger partial charge on any atom is -0.344 e. The zero-order valence-electron chi connectivity index (χ0n) is 11.7. The maximum atomic E-state index is 11.4. The molecule has 0 saturated carbocycles. The fourth-order valence-corrected chi connectivity index (χ4v) is 2.82. The molecule has 1 aliphatic heterocycles. The molecule has 3 nitrogen and oxygen atoms in total. The molecule has 1 N–H and O–H groups in total. The van der Waals surface area contributed by atoms with E-state index in [9.17, 15) is 4.79 Å². The van der Waals surface area contributed by atoms with Crippen molar-refractivity contribution in [3.8, 4) is 0 Å². The van der Waals surface area contributed by atoms with Gasteiger partial charge < -0.3 is 10.2 Å². The van der Waals surface area contributed by atoms with Crippen molar-refractivity contribution in [1.29, 1.82) is 0 Å². The molecule has 0 bridgehead atoms. The van der Waals surface area contributed by atoms with Gasteiger partial charge in [-0.1, -0.05) is 20.8 Å². The Labute approximate surface area is 110 Å². The van der Waals surface area contributed by atoms with Crippen molar-refractivity contribution in [2.24, 2.45) is 0 Å². The zero-order valence-corrected chi connectivity index (χ0v) is 12.6. The Hall–Kier alpha value is -0.220. The average Bonchev–Trinajstić information content (AvgIpc) is 2.20. The van der Waals surface area contributed by atoms with Crippen LogP contribution in [0.15, 0.2) is 0 Å². The van der Waals surface area contributed by atoms with E-state index in [1.165, 1.54) is 0 Å². The summed E-state index contributed by atoms with van der Waals surface area (Å²) in [6.07, 6.45) is 1.67. The predicted molar refractivity (Wildman–Crippen MR) is 75.5 cm³/mol. The standard InChI is InChI=1S/C13H26N2OS/c1-10(9-17-13(2,3)4)14-11-6-7-12(16)15(5)8-11/h10-11,14H,6-9H2,1-5H3/t10-,11+/m0/s1. The van der Waals surface area contributed by atoms with Crippen LogP contribution in [0.4, 0.5) is 0 Å². The summed E-state index contributed by atoms with van der Waals surface area (Å²) in [6, 6.07) is 0.971. The summed E-state index contributed by atoms with van der Waals surface area (Å²) in [7, 11) is 1.89. The van der Waals surface area contributed by atoms with E-state index in [1.54, 1.807) is 0 Å². The molecule has 2 atom stereocenters. The molecular weight excluding hydrogens is 232 g/mol. The average molecular weight is 258 g/mol. The van der Waals surface area contributed by atoms with Gasteiger partial charge in [0.2, 0.25) is 5.91 Å². The summed E-state index contributed by atoms with van der Waals surface area (Å²) in [6.45, 7) is 9.82. The highest BCUT2D eigenvalue weighted by atomic mass is 32.2. The highest BCUT2D eigenvalue weighted by molar-refractivity contribution is 8.00. The van der Waals surface area contributed by atoms with E-state index in [0.717, 1.165) is 18.7 Å². The Bertz CT molecular complexity index is 263. The van der Waals surface area contributed by atoms with Crippen LogP contribution in [0.2, 0.25) is 0 Å². The normalized spacial score (nSPS) is 23.9. The maximum Gasteiger partial charge on any atom is 0.222 e. The third-order valence-corrected chi connectivity index (χ3v) is 4.45. The zero-order chi connectivity index (χ0) is 13.1. The van der Waals surface area contributed by atoms with Crippen LogP contribution in [-0.2, 0) is 4.79 Å². The largest absolute Gasteiger partial charge is 0.344 e. The van der Waals surface area contributed by atoms with Gasteiger partial charge in [0.25, 0.3) is 0 Å². The number of thioether (sulfide) groups is 1. The number of carbonyl (C=O) groups excluding carboxylic acids is 1. The van der Waals surface area contributed by atoms with Gasteiger partial charge in [0.05, 0.1) is 0 Å². The summed E-state index contributed by atoms with van der Waals surface area (Å²) in [4.78, 5) is 13.2. The Morgan fingerprint density at radius 3 is 2.71 bits per heavy atom. The first kappa shape index (κ1) is 14.8. The SMILES string of the molecule is C[C@@H](CSC(C)(C)C)N[C@@H]1CCC(=O)N(C)C1. The third-order valence-electron chi connectivity index (χ3n) is 2.91. The number of hydrogen-bond donors (Lipinski definition) is 1. The van der Waals surface area contributed by atoms with Gasteiger partial charge in [0.1, 0.15) is 0 Å². The van der Waals surface area contributed by atoms with E-state index in [0.29, 0.717) is 23.3 Å². The van der Waals surface area contributed by atoms with Crippen LogP contribution in [0.25, 0.3) is 0 Å². The maximum absolute atomic E-state index is 11.4. The van der Waals surface area contributed by atoms with Gasteiger partial charge in [-0.25, -0.2) is 0 Å².